The molecule has 0 unspecified atom stereocenters. The molecular formula is C19H23BIO3+. The van der Waals surface area contributed by atoms with Crippen LogP contribution in [0.2, 0.25) is 0 Å². The van der Waals surface area contributed by atoms with Crippen LogP contribution in [0.1, 0.15) is 27.7 Å². The van der Waals surface area contributed by atoms with Gasteiger partial charge in [0.2, 0.25) is 0 Å². The lowest BCUT2D eigenvalue weighted by atomic mass is 9.78. The zero-order chi connectivity index (χ0) is 17.4. The van der Waals surface area contributed by atoms with Gasteiger partial charge in [-0.15, -0.1) is 0 Å². The highest BCUT2D eigenvalue weighted by molar-refractivity contribution is 6.63. The molecule has 3 rings (SSSR count). The lowest BCUT2D eigenvalue weighted by Gasteiger charge is -2.32. The number of methoxy groups -OCH3 is 1. The normalized spacial score (nSPS) is 18.6. The number of rotatable bonds is 4. The van der Waals surface area contributed by atoms with Crippen molar-refractivity contribution < 1.29 is 35.3 Å². The number of hydrogen-bond donors (Lipinski definition) is 0. The summed E-state index contributed by atoms with van der Waals surface area (Å²) in [6.45, 7) is 8.28. The van der Waals surface area contributed by atoms with Crippen LogP contribution in [-0.4, -0.2) is 25.4 Å². The maximum Gasteiger partial charge on any atom is 0.498 e. The van der Waals surface area contributed by atoms with Crippen molar-refractivity contribution in [3.63, 3.8) is 0 Å². The second-order valence-electron chi connectivity index (χ2n) is 6.86. The second kappa shape index (κ2) is 6.69. The van der Waals surface area contributed by atoms with E-state index >= 15 is 0 Å². The van der Waals surface area contributed by atoms with Crippen molar-refractivity contribution in [3.8, 4) is 5.75 Å². The Labute approximate surface area is 155 Å². The molecule has 0 aliphatic carbocycles. The summed E-state index contributed by atoms with van der Waals surface area (Å²) in [6, 6.07) is 17.0. The van der Waals surface area contributed by atoms with Crippen LogP contribution in [-0.2, 0) is 9.31 Å². The van der Waals surface area contributed by atoms with E-state index in [1.165, 1.54) is 7.14 Å². The molecule has 0 saturated carbocycles. The van der Waals surface area contributed by atoms with E-state index in [9.17, 15) is 0 Å². The summed E-state index contributed by atoms with van der Waals surface area (Å²) in [5, 5.41) is 0. The van der Waals surface area contributed by atoms with E-state index in [4.69, 9.17) is 14.0 Å². The Balaban J connectivity index is 1.91. The predicted octanol–water partition coefficient (Wildman–Crippen LogP) is 0.123. The highest BCUT2D eigenvalue weighted by Crippen LogP contribution is 2.37. The van der Waals surface area contributed by atoms with E-state index in [1.807, 2.05) is 6.07 Å². The molecular weight excluding hydrogens is 414 g/mol. The molecule has 0 radical (unpaired) electrons. The van der Waals surface area contributed by atoms with E-state index in [1.54, 1.807) is 7.11 Å². The smallest absolute Gasteiger partial charge is 0.497 e. The van der Waals surface area contributed by atoms with Crippen molar-refractivity contribution in [1.82, 2.24) is 0 Å². The van der Waals surface area contributed by atoms with E-state index < -0.39 is 7.12 Å². The second-order valence-corrected chi connectivity index (χ2v) is 9.90. The number of halogens is 1. The third-order valence-electron chi connectivity index (χ3n) is 4.65. The van der Waals surface area contributed by atoms with Crippen molar-refractivity contribution >= 4 is 12.6 Å². The molecule has 0 aromatic heterocycles. The van der Waals surface area contributed by atoms with Gasteiger partial charge in [-0.2, -0.15) is 0 Å². The van der Waals surface area contributed by atoms with Gasteiger partial charge in [-0.25, -0.2) is 0 Å². The number of ether oxygens (including phenoxy) is 1. The minimum atomic E-state index is -0.398. The molecule has 0 spiro atoms. The summed E-state index contributed by atoms with van der Waals surface area (Å²) in [4.78, 5) is 0. The Morgan fingerprint density at radius 2 is 1.50 bits per heavy atom. The van der Waals surface area contributed by atoms with Crippen molar-refractivity contribution in [2.75, 3.05) is 7.11 Å². The van der Waals surface area contributed by atoms with Gasteiger partial charge in [0.1, 0.15) is 5.75 Å². The quantitative estimate of drug-likeness (QED) is 0.503. The monoisotopic (exact) mass is 437 g/mol. The summed E-state index contributed by atoms with van der Waals surface area (Å²) >= 11 is -0.237. The van der Waals surface area contributed by atoms with Gasteiger partial charge in [0.15, 0.2) is 7.14 Å². The largest absolute Gasteiger partial charge is 0.498 e. The molecule has 0 N–H and O–H groups in total. The van der Waals surface area contributed by atoms with E-state index in [0.29, 0.717) is 0 Å². The van der Waals surface area contributed by atoms with E-state index in [2.05, 4.69) is 70.2 Å². The van der Waals surface area contributed by atoms with Gasteiger partial charge in [-0.1, -0.05) is 18.2 Å². The first-order valence-electron chi connectivity index (χ1n) is 8.06. The maximum atomic E-state index is 6.21. The fourth-order valence-electron chi connectivity index (χ4n) is 2.52. The first-order valence-corrected chi connectivity index (χ1v) is 10.2. The molecule has 1 aliphatic heterocycles. The van der Waals surface area contributed by atoms with Crippen LogP contribution in [0.25, 0.3) is 0 Å². The molecule has 1 aliphatic rings. The minimum Gasteiger partial charge on any atom is -0.497 e. The van der Waals surface area contributed by atoms with Gasteiger partial charge >= 0.3 is 28.3 Å². The molecule has 126 valence electrons. The molecule has 1 heterocycles. The third kappa shape index (κ3) is 3.48. The molecule has 2 aromatic rings. The van der Waals surface area contributed by atoms with Crippen LogP contribution in [0.5, 0.6) is 5.75 Å². The molecule has 1 fully saturated rings. The van der Waals surface area contributed by atoms with Gasteiger partial charge in [0.05, 0.1) is 18.3 Å². The van der Waals surface area contributed by atoms with E-state index in [-0.39, 0.29) is 32.4 Å². The summed E-state index contributed by atoms with van der Waals surface area (Å²) < 4.78 is 20.7. The summed E-state index contributed by atoms with van der Waals surface area (Å²) in [6.07, 6.45) is 0. The van der Waals surface area contributed by atoms with Crippen molar-refractivity contribution in [3.05, 3.63) is 55.7 Å². The lowest BCUT2D eigenvalue weighted by molar-refractivity contribution is -0.597. The summed E-state index contributed by atoms with van der Waals surface area (Å²) in [7, 11) is 1.29. The van der Waals surface area contributed by atoms with Crippen molar-refractivity contribution in [2.24, 2.45) is 0 Å². The lowest BCUT2D eigenvalue weighted by Crippen LogP contribution is -3.61. The fraction of sp³-hybridized carbons (Fsp3) is 0.368. The van der Waals surface area contributed by atoms with Crippen molar-refractivity contribution in [1.29, 1.82) is 0 Å². The Morgan fingerprint density at radius 1 is 0.875 bits per heavy atom. The van der Waals surface area contributed by atoms with Gasteiger partial charge in [0, 0.05) is 5.46 Å². The van der Waals surface area contributed by atoms with Crippen LogP contribution in [0.4, 0.5) is 0 Å². The average molecular weight is 437 g/mol. The Morgan fingerprint density at radius 3 is 2.08 bits per heavy atom. The topological polar surface area (TPSA) is 27.7 Å². The zero-order valence-corrected chi connectivity index (χ0v) is 17.0. The van der Waals surface area contributed by atoms with Crippen molar-refractivity contribution in [2.45, 2.75) is 38.9 Å². The van der Waals surface area contributed by atoms with E-state index in [0.717, 1.165) is 11.2 Å². The molecule has 1 saturated heterocycles. The average Bonchev–Trinajstić information content (AvgIpc) is 2.76. The van der Waals surface area contributed by atoms with Crippen LogP contribution < -0.4 is 31.4 Å². The molecule has 0 bridgehead atoms. The first kappa shape index (κ1) is 17.8. The first-order chi connectivity index (χ1) is 11.3. The van der Waals surface area contributed by atoms with Gasteiger partial charge in [0.25, 0.3) is 0 Å². The maximum absolute atomic E-state index is 6.21. The summed E-state index contributed by atoms with van der Waals surface area (Å²) in [5.41, 5.74) is 0.268. The third-order valence-corrected chi connectivity index (χ3v) is 7.29. The van der Waals surface area contributed by atoms with Gasteiger partial charge < -0.3 is 14.0 Å². The highest BCUT2D eigenvalue weighted by Gasteiger charge is 2.52. The molecule has 5 heteroatoms. The summed E-state index contributed by atoms with van der Waals surface area (Å²) in [5.74, 6) is 0.814. The van der Waals surface area contributed by atoms with Crippen LogP contribution in [0.3, 0.4) is 0 Å². The Kier molecular flexibility index (Phi) is 4.95. The Hall–Kier alpha value is -1.05. The van der Waals surface area contributed by atoms with Gasteiger partial charge in [-0.3, -0.25) is 0 Å². The minimum absolute atomic E-state index is 0.237. The zero-order valence-electron chi connectivity index (χ0n) is 14.8. The number of hydrogen-bond acceptors (Lipinski definition) is 3. The SMILES string of the molecule is COc1ccc([I+]c2ccccc2)cc1B1OC(C)(C)C(C)(C)O1. The molecule has 3 nitrogen and oxygen atoms in total. The predicted molar refractivity (Wildman–Crippen MR) is 92.5 cm³/mol. The molecule has 24 heavy (non-hydrogen) atoms. The van der Waals surface area contributed by atoms with Crippen LogP contribution >= 0.6 is 0 Å². The fourth-order valence-corrected chi connectivity index (χ4v) is 4.87. The number of benzene rings is 2. The van der Waals surface area contributed by atoms with Crippen LogP contribution in [0, 0.1) is 7.14 Å². The standard InChI is InChI=1S/C19H23BIO3/c1-18(2)19(3,4)24-20(23-18)16-13-15(11-12-17(16)22-5)21-14-9-7-6-8-10-14/h6-13H,1-5H3/q+1. The molecule has 0 atom stereocenters. The molecule has 2 aromatic carbocycles. The van der Waals surface area contributed by atoms with Gasteiger partial charge in [-0.05, 0) is 58.0 Å². The highest BCUT2D eigenvalue weighted by atomic mass is 127. The Bertz CT molecular complexity index is 700. The molecule has 0 amide bonds. The van der Waals surface area contributed by atoms with Crippen LogP contribution in [0.15, 0.2) is 48.5 Å².